The summed E-state index contributed by atoms with van der Waals surface area (Å²) in [4.78, 5) is 17.6. The number of hydrogen-bond donors (Lipinski definition) is 2. The highest BCUT2D eigenvalue weighted by atomic mass is 127. The van der Waals surface area contributed by atoms with Gasteiger partial charge in [0.1, 0.15) is 24.2 Å². The minimum Gasteiger partial charge on any atom is -0.489 e. The van der Waals surface area contributed by atoms with Crippen molar-refractivity contribution in [3.8, 4) is 5.75 Å². The highest BCUT2D eigenvalue weighted by Crippen LogP contribution is 2.14. The summed E-state index contributed by atoms with van der Waals surface area (Å²) in [6.45, 7) is 3.31. The Balaban J connectivity index is 0.00000676. The molecule has 2 N–H and O–H groups in total. The Hall–Kier alpha value is -1.23. The zero-order chi connectivity index (χ0) is 19.4. The second kappa shape index (κ2) is 14.8. The zero-order valence-electron chi connectivity index (χ0n) is 16.3. The fraction of sp³-hybridized carbons (Fsp3) is 0.556. The highest BCUT2D eigenvalue weighted by Gasteiger charge is 2.11. The fourth-order valence-electron chi connectivity index (χ4n) is 1.95. The van der Waals surface area contributed by atoms with Crippen molar-refractivity contribution < 1.29 is 13.9 Å². The number of carbonyl (C=O) groups excluding carboxylic acids is 1. The van der Waals surface area contributed by atoms with Gasteiger partial charge in [0, 0.05) is 32.5 Å². The molecule has 0 saturated heterocycles. The summed E-state index contributed by atoms with van der Waals surface area (Å²) >= 11 is 1.72. The van der Waals surface area contributed by atoms with E-state index in [0.717, 1.165) is 18.7 Å². The van der Waals surface area contributed by atoms with Crippen LogP contribution >= 0.6 is 35.7 Å². The number of hydrogen-bond acceptors (Lipinski definition) is 4. The Labute approximate surface area is 182 Å². The molecule has 0 fully saturated rings. The molecule has 1 aromatic carbocycles. The van der Waals surface area contributed by atoms with E-state index in [9.17, 15) is 9.18 Å². The summed E-state index contributed by atoms with van der Waals surface area (Å²) in [5.41, 5.74) is 0. The number of likely N-dealkylation sites (N-methyl/N-ethyl adjacent to an activating group) is 1. The lowest BCUT2D eigenvalue weighted by Crippen LogP contribution is -2.43. The number of nitrogens with zero attached hydrogens (tertiary/aromatic N) is 2. The molecule has 154 valence electrons. The van der Waals surface area contributed by atoms with Crippen LogP contribution in [0.5, 0.6) is 5.75 Å². The van der Waals surface area contributed by atoms with Crippen LogP contribution in [0.1, 0.15) is 13.3 Å². The first-order chi connectivity index (χ1) is 12.5. The van der Waals surface area contributed by atoms with Crippen molar-refractivity contribution in [3.63, 3.8) is 0 Å². The van der Waals surface area contributed by atoms with Crippen LogP contribution < -0.4 is 15.4 Å². The molecule has 0 radical (unpaired) electrons. The number of nitrogens with one attached hydrogen (secondary N) is 2. The number of guanidine groups is 1. The van der Waals surface area contributed by atoms with Gasteiger partial charge in [-0.05, 0) is 24.8 Å². The van der Waals surface area contributed by atoms with E-state index in [1.807, 2.05) is 13.2 Å². The van der Waals surface area contributed by atoms with Crippen molar-refractivity contribution in [1.29, 1.82) is 0 Å². The predicted octanol–water partition coefficient (Wildman–Crippen LogP) is 2.59. The van der Waals surface area contributed by atoms with E-state index in [1.165, 1.54) is 17.0 Å². The van der Waals surface area contributed by atoms with Gasteiger partial charge in [0.2, 0.25) is 5.91 Å². The Kier molecular flexibility index (Phi) is 14.1. The molecule has 9 heteroatoms. The molecule has 0 saturated carbocycles. The van der Waals surface area contributed by atoms with Crippen LogP contribution in [0.3, 0.4) is 0 Å². The molecule has 0 aliphatic heterocycles. The number of ether oxygens (including phenoxy) is 1. The van der Waals surface area contributed by atoms with Gasteiger partial charge in [0.25, 0.3) is 0 Å². The highest BCUT2D eigenvalue weighted by molar-refractivity contribution is 14.0. The van der Waals surface area contributed by atoms with Gasteiger partial charge in [-0.1, -0.05) is 13.0 Å². The standard InChI is InChI=1S/C18H29FN4O2S.HI/c1-5-15(25-16-8-6-7-14(19)11-16)12-21-18(20-9-10-26-4)22-13-17(24)23(2)3;/h6-8,11,15H,5,9-10,12-13H2,1-4H3,(H2,20,21,22);1H. The first-order valence-corrected chi connectivity index (χ1v) is 9.99. The molecule has 6 nitrogen and oxygen atoms in total. The lowest BCUT2D eigenvalue weighted by Gasteiger charge is -2.20. The maximum atomic E-state index is 13.3. The van der Waals surface area contributed by atoms with Crippen molar-refractivity contribution in [2.24, 2.45) is 4.99 Å². The average molecular weight is 512 g/mol. The van der Waals surface area contributed by atoms with Crippen LogP contribution in [0.4, 0.5) is 4.39 Å². The van der Waals surface area contributed by atoms with Gasteiger partial charge in [0.15, 0.2) is 5.96 Å². The third-order valence-electron chi connectivity index (χ3n) is 3.52. The summed E-state index contributed by atoms with van der Waals surface area (Å²) in [5, 5.41) is 6.40. The van der Waals surface area contributed by atoms with Gasteiger partial charge in [-0.25, -0.2) is 9.38 Å². The summed E-state index contributed by atoms with van der Waals surface area (Å²) in [5.74, 6) is 1.59. The number of rotatable bonds is 10. The van der Waals surface area contributed by atoms with Crippen molar-refractivity contribution in [3.05, 3.63) is 30.1 Å². The predicted molar refractivity (Wildman–Crippen MR) is 122 cm³/mol. The molecule has 27 heavy (non-hydrogen) atoms. The maximum absolute atomic E-state index is 13.3. The van der Waals surface area contributed by atoms with E-state index in [4.69, 9.17) is 4.74 Å². The summed E-state index contributed by atoms with van der Waals surface area (Å²) in [6, 6.07) is 6.10. The van der Waals surface area contributed by atoms with Crippen molar-refractivity contribution >= 4 is 47.6 Å². The van der Waals surface area contributed by atoms with Gasteiger partial charge in [0.05, 0.1) is 6.54 Å². The minimum absolute atomic E-state index is 0. The number of benzene rings is 1. The first-order valence-electron chi connectivity index (χ1n) is 8.59. The molecular weight excluding hydrogens is 482 g/mol. The number of amides is 1. The van der Waals surface area contributed by atoms with E-state index < -0.39 is 0 Å². The number of aliphatic imine (C=N–C) groups is 1. The average Bonchev–Trinajstić information content (AvgIpc) is 2.62. The van der Waals surface area contributed by atoms with Gasteiger partial charge in [-0.15, -0.1) is 24.0 Å². The van der Waals surface area contributed by atoms with E-state index >= 15 is 0 Å². The van der Waals surface area contributed by atoms with Gasteiger partial charge >= 0.3 is 0 Å². The molecule has 1 amide bonds. The molecule has 0 bridgehead atoms. The van der Waals surface area contributed by atoms with E-state index in [1.54, 1.807) is 38.0 Å². The Bertz CT molecular complexity index is 590. The second-order valence-electron chi connectivity index (χ2n) is 5.86. The number of carbonyl (C=O) groups is 1. The lowest BCUT2D eigenvalue weighted by atomic mass is 10.2. The third-order valence-corrected chi connectivity index (χ3v) is 4.13. The van der Waals surface area contributed by atoms with Crippen molar-refractivity contribution in [2.75, 3.05) is 45.7 Å². The van der Waals surface area contributed by atoms with Crippen LogP contribution in [0.2, 0.25) is 0 Å². The second-order valence-corrected chi connectivity index (χ2v) is 6.84. The normalized spacial score (nSPS) is 12.0. The molecule has 0 aromatic heterocycles. The molecule has 0 spiro atoms. The quantitative estimate of drug-likeness (QED) is 0.219. The van der Waals surface area contributed by atoms with Crippen molar-refractivity contribution in [1.82, 2.24) is 15.5 Å². The van der Waals surface area contributed by atoms with Crippen molar-refractivity contribution in [2.45, 2.75) is 19.4 Å². The van der Waals surface area contributed by atoms with E-state index in [2.05, 4.69) is 15.6 Å². The molecule has 1 atom stereocenters. The maximum Gasteiger partial charge on any atom is 0.243 e. The van der Waals surface area contributed by atoms with E-state index in [-0.39, 0.29) is 48.3 Å². The van der Waals surface area contributed by atoms with Gasteiger partial charge < -0.3 is 20.3 Å². The van der Waals surface area contributed by atoms with E-state index in [0.29, 0.717) is 18.3 Å². The minimum atomic E-state index is -0.325. The van der Waals surface area contributed by atoms with Crippen LogP contribution in [0.15, 0.2) is 29.3 Å². The van der Waals surface area contributed by atoms with Gasteiger partial charge in [-0.3, -0.25) is 4.79 Å². The first kappa shape index (κ1) is 25.8. The Morgan fingerprint density at radius 1 is 1.37 bits per heavy atom. The molecule has 0 aliphatic carbocycles. The molecule has 0 heterocycles. The summed E-state index contributed by atoms with van der Waals surface area (Å²) < 4.78 is 19.1. The SMILES string of the molecule is CCC(CNC(=NCC(=O)N(C)C)NCCSC)Oc1cccc(F)c1.I. The topological polar surface area (TPSA) is 66.0 Å². The monoisotopic (exact) mass is 512 g/mol. The van der Waals surface area contributed by atoms with Gasteiger partial charge in [-0.2, -0.15) is 11.8 Å². The summed E-state index contributed by atoms with van der Waals surface area (Å²) in [6.07, 6.45) is 2.63. The van der Waals surface area contributed by atoms with Crippen LogP contribution in [0, 0.1) is 5.82 Å². The summed E-state index contributed by atoms with van der Waals surface area (Å²) in [7, 11) is 3.40. The number of thioether (sulfide) groups is 1. The van der Waals surface area contributed by atoms with Crippen LogP contribution in [0.25, 0.3) is 0 Å². The van der Waals surface area contributed by atoms with Crippen LogP contribution in [-0.2, 0) is 4.79 Å². The molecular formula is C18H30FIN4O2S. The Morgan fingerprint density at radius 3 is 2.70 bits per heavy atom. The smallest absolute Gasteiger partial charge is 0.243 e. The molecule has 1 unspecified atom stereocenters. The lowest BCUT2D eigenvalue weighted by molar-refractivity contribution is -0.127. The molecule has 0 aliphatic rings. The fourth-order valence-corrected chi connectivity index (χ4v) is 2.25. The zero-order valence-corrected chi connectivity index (χ0v) is 19.5. The number of halogens is 2. The Morgan fingerprint density at radius 2 is 2.11 bits per heavy atom. The van der Waals surface area contributed by atoms with Crippen LogP contribution in [-0.4, -0.2) is 68.6 Å². The largest absolute Gasteiger partial charge is 0.489 e. The molecule has 1 rings (SSSR count). The molecule has 1 aromatic rings. The third kappa shape index (κ3) is 11.3.